The quantitative estimate of drug-likeness (QED) is 0.293. The first-order valence-corrected chi connectivity index (χ1v) is 10.4. The largest absolute Gasteiger partial charge is 0.426 e. The molecule has 0 atom stereocenters. The molecule has 8 heteroatoms. The summed E-state index contributed by atoms with van der Waals surface area (Å²) in [7, 11) is 0. The van der Waals surface area contributed by atoms with E-state index in [0.29, 0.717) is 26.6 Å². The maximum Gasteiger partial charge on any atom is 0.308 e. The molecule has 0 saturated carbocycles. The summed E-state index contributed by atoms with van der Waals surface area (Å²) in [5.74, 6) is 0.278. The standard InChI is InChI=1S/C20H15N3O3S2/c1-12(24)26-16-6-4-3-5-15(16)18-21-20-23(22-18)19(25)17(28-20)11-13-7-9-14(27-2)10-8-13/h3-11H,1-2H3/b17-11-. The molecule has 0 saturated heterocycles. The monoisotopic (exact) mass is 409 g/mol. The number of benzene rings is 2. The highest BCUT2D eigenvalue weighted by molar-refractivity contribution is 7.98. The van der Waals surface area contributed by atoms with Gasteiger partial charge in [0.1, 0.15) is 5.75 Å². The fourth-order valence-corrected chi connectivity index (χ4v) is 4.01. The summed E-state index contributed by atoms with van der Waals surface area (Å²) in [5, 5.41) is 4.33. The van der Waals surface area contributed by atoms with Crippen LogP contribution in [0.4, 0.5) is 0 Å². The molecular weight excluding hydrogens is 394 g/mol. The van der Waals surface area contributed by atoms with Crippen LogP contribution in [-0.4, -0.2) is 26.8 Å². The van der Waals surface area contributed by atoms with Crippen LogP contribution in [0.3, 0.4) is 0 Å². The van der Waals surface area contributed by atoms with Crippen molar-refractivity contribution < 1.29 is 9.53 Å². The van der Waals surface area contributed by atoms with Crippen LogP contribution < -0.4 is 14.8 Å². The van der Waals surface area contributed by atoms with Crippen LogP contribution >= 0.6 is 23.1 Å². The lowest BCUT2D eigenvalue weighted by Gasteiger charge is -2.04. The van der Waals surface area contributed by atoms with Gasteiger partial charge in [-0.05, 0) is 42.2 Å². The normalized spacial score (nSPS) is 11.9. The van der Waals surface area contributed by atoms with Crippen molar-refractivity contribution >= 4 is 40.1 Å². The van der Waals surface area contributed by atoms with Crippen molar-refractivity contribution in [3.05, 3.63) is 69.0 Å². The first-order valence-electron chi connectivity index (χ1n) is 8.38. The van der Waals surface area contributed by atoms with Gasteiger partial charge < -0.3 is 4.74 Å². The van der Waals surface area contributed by atoms with Gasteiger partial charge in [0.05, 0.1) is 10.1 Å². The van der Waals surface area contributed by atoms with Crippen LogP contribution in [0.2, 0.25) is 0 Å². The van der Waals surface area contributed by atoms with Gasteiger partial charge in [-0.1, -0.05) is 35.6 Å². The van der Waals surface area contributed by atoms with Crippen LogP contribution in [-0.2, 0) is 4.79 Å². The average molecular weight is 409 g/mol. The highest BCUT2D eigenvalue weighted by Crippen LogP contribution is 2.27. The fraction of sp³-hybridized carbons (Fsp3) is 0.100. The SMILES string of the molecule is CSc1ccc(/C=c2\sc3nc(-c4ccccc4OC(C)=O)nn3c2=O)cc1. The highest BCUT2D eigenvalue weighted by atomic mass is 32.2. The number of carbonyl (C=O) groups is 1. The molecule has 0 N–H and O–H groups in total. The molecule has 2 heterocycles. The van der Waals surface area contributed by atoms with Crippen LogP contribution in [0.15, 0.2) is 58.2 Å². The molecule has 0 aliphatic rings. The maximum atomic E-state index is 12.7. The Bertz CT molecular complexity index is 1280. The van der Waals surface area contributed by atoms with Crippen LogP contribution in [0.1, 0.15) is 12.5 Å². The Kier molecular flexibility index (Phi) is 4.97. The average Bonchev–Trinajstić information content (AvgIpc) is 3.22. The number of thiazole rings is 1. The number of fused-ring (bicyclic) bond motifs is 1. The topological polar surface area (TPSA) is 73.6 Å². The number of thioether (sulfide) groups is 1. The van der Waals surface area contributed by atoms with Gasteiger partial charge in [-0.15, -0.1) is 16.9 Å². The van der Waals surface area contributed by atoms with Gasteiger partial charge in [0.25, 0.3) is 5.56 Å². The van der Waals surface area contributed by atoms with Crippen LogP contribution in [0.25, 0.3) is 22.4 Å². The number of esters is 1. The van der Waals surface area contributed by atoms with E-state index in [0.717, 1.165) is 5.56 Å². The van der Waals surface area contributed by atoms with E-state index in [1.807, 2.05) is 36.6 Å². The number of hydrogen-bond donors (Lipinski definition) is 0. The van der Waals surface area contributed by atoms with Crippen molar-refractivity contribution in [1.29, 1.82) is 0 Å². The molecule has 0 amide bonds. The fourth-order valence-electron chi connectivity index (χ4n) is 2.69. The van der Waals surface area contributed by atoms with Gasteiger partial charge in [0.15, 0.2) is 5.82 Å². The molecule has 0 unspecified atom stereocenters. The second kappa shape index (κ2) is 7.57. The molecule has 0 spiro atoms. The van der Waals surface area contributed by atoms with Gasteiger partial charge in [0, 0.05) is 11.8 Å². The van der Waals surface area contributed by atoms with Crippen LogP contribution in [0, 0.1) is 0 Å². The second-order valence-corrected chi connectivity index (χ2v) is 7.80. The van der Waals surface area contributed by atoms with E-state index in [4.69, 9.17) is 4.74 Å². The molecule has 0 radical (unpaired) electrons. The Morgan fingerprint density at radius 2 is 1.93 bits per heavy atom. The Morgan fingerprint density at radius 1 is 1.18 bits per heavy atom. The van der Waals surface area contributed by atoms with Crippen molar-refractivity contribution in [2.24, 2.45) is 0 Å². The summed E-state index contributed by atoms with van der Waals surface area (Å²) >= 11 is 2.94. The predicted molar refractivity (Wildman–Crippen MR) is 111 cm³/mol. The lowest BCUT2D eigenvalue weighted by Crippen LogP contribution is -2.23. The molecule has 0 aliphatic heterocycles. The summed E-state index contributed by atoms with van der Waals surface area (Å²) in [6.45, 7) is 1.33. The lowest BCUT2D eigenvalue weighted by atomic mass is 10.2. The summed E-state index contributed by atoms with van der Waals surface area (Å²) in [6, 6.07) is 15.0. The van der Waals surface area contributed by atoms with E-state index in [1.165, 1.54) is 27.7 Å². The molecule has 0 bridgehead atoms. The molecule has 0 aliphatic carbocycles. The zero-order valence-corrected chi connectivity index (χ0v) is 16.7. The number of carbonyl (C=O) groups excluding carboxylic acids is 1. The Morgan fingerprint density at radius 3 is 2.61 bits per heavy atom. The van der Waals surface area contributed by atoms with Crippen molar-refractivity contribution in [3.8, 4) is 17.1 Å². The van der Waals surface area contributed by atoms with E-state index in [1.54, 1.807) is 36.0 Å². The maximum absolute atomic E-state index is 12.7. The number of para-hydroxylation sites is 1. The number of rotatable bonds is 4. The molecule has 4 rings (SSSR count). The molecule has 140 valence electrons. The third kappa shape index (κ3) is 3.56. The molecule has 2 aromatic carbocycles. The van der Waals surface area contributed by atoms with Crippen LogP contribution in [0.5, 0.6) is 5.75 Å². The third-order valence-corrected chi connectivity index (χ3v) is 5.68. The second-order valence-electron chi connectivity index (χ2n) is 5.91. The van der Waals surface area contributed by atoms with Crippen molar-refractivity contribution in [2.45, 2.75) is 11.8 Å². The van der Waals surface area contributed by atoms with E-state index >= 15 is 0 Å². The summed E-state index contributed by atoms with van der Waals surface area (Å²) < 4.78 is 7.06. The third-order valence-electron chi connectivity index (χ3n) is 3.98. The zero-order valence-electron chi connectivity index (χ0n) is 15.1. The molecule has 2 aromatic heterocycles. The first-order chi connectivity index (χ1) is 13.5. The summed E-state index contributed by atoms with van der Waals surface area (Å²) in [6.07, 6.45) is 3.85. The molecular formula is C20H15N3O3S2. The zero-order chi connectivity index (χ0) is 19.7. The van der Waals surface area contributed by atoms with Crippen molar-refractivity contribution in [2.75, 3.05) is 6.26 Å². The highest BCUT2D eigenvalue weighted by Gasteiger charge is 2.16. The molecule has 6 nitrogen and oxygen atoms in total. The van der Waals surface area contributed by atoms with E-state index < -0.39 is 5.97 Å². The first kappa shape index (κ1) is 18.4. The van der Waals surface area contributed by atoms with Gasteiger partial charge in [0.2, 0.25) is 4.96 Å². The Hall–Kier alpha value is -2.97. The number of aromatic nitrogens is 3. The minimum Gasteiger partial charge on any atom is -0.426 e. The minimum absolute atomic E-state index is 0.224. The Labute approximate surface area is 168 Å². The lowest BCUT2D eigenvalue weighted by molar-refractivity contribution is -0.131. The van der Waals surface area contributed by atoms with Crippen molar-refractivity contribution in [1.82, 2.24) is 14.6 Å². The molecule has 4 aromatic rings. The van der Waals surface area contributed by atoms with Gasteiger partial charge in [-0.25, -0.2) is 0 Å². The smallest absolute Gasteiger partial charge is 0.308 e. The van der Waals surface area contributed by atoms with E-state index in [9.17, 15) is 9.59 Å². The summed E-state index contributed by atoms with van der Waals surface area (Å²) in [4.78, 5) is 30.1. The van der Waals surface area contributed by atoms with Gasteiger partial charge in [-0.2, -0.15) is 9.50 Å². The number of hydrogen-bond acceptors (Lipinski definition) is 7. The predicted octanol–water partition coefficient (Wildman–Crippen LogP) is 3.01. The van der Waals surface area contributed by atoms with E-state index in [2.05, 4.69) is 10.1 Å². The van der Waals surface area contributed by atoms with Gasteiger partial charge in [-0.3, -0.25) is 9.59 Å². The number of ether oxygens (including phenoxy) is 1. The Balaban J connectivity index is 1.76. The van der Waals surface area contributed by atoms with Gasteiger partial charge >= 0.3 is 5.97 Å². The number of nitrogens with zero attached hydrogens (tertiary/aromatic N) is 3. The minimum atomic E-state index is -0.428. The summed E-state index contributed by atoms with van der Waals surface area (Å²) in [5.41, 5.74) is 1.28. The van der Waals surface area contributed by atoms with E-state index in [-0.39, 0.29) is 5.56 Å². The van der Waals surface area contributed by atoms with Crippen molar-refractivity contribution in [3.63, 3.8) is 0 Å². The molecule has 0 fully saturated rings. The molecule has 28 heavy (non-hydrogen) atoms.